The van der Waals surface area contributed by atoms with Crippen molar-refractivity contribution >= 4 is 10.8 Å². The van der Waals surface area contributed by atoms with E-state index in [0.717, 1.165) is 25.3 Å². The largest absolute Gasteiger partial charge is 0.497 e. The molecule has 3 aromatic rings. The Morgan fingerprint density at radius 2 is 2.00 bits per heavy atom. The van der Waals surface area contributed by atoms with Crippen molar-refractivity contribution in [3.05, 3.63) is 59.7 Å². The number of nitrogens with one attached hydrogen (secondary N) is 1. The van der Waals surface area contributed by atoms with Gasteiger partial charge in [0.2, 0.25) is 0 Å². The van der Waals surface area contributed by atoms with Crippen LogP contribution in [0.25, 0.3) is 10.8 Å². The lowest BCUT2D eigenvalue weighted by molar-refractivity contribution is 0.415. The molecule has 0 aliphatic carbocycles. The first-order chi connectivity index (χ1) is 12.2. The van der Waals surface area contributed by atoms with Crippen molar-refractivity contribution in [1.29, 1.82) is 0 Å². The number of rotatable bonds is 5. The highest BCUT2D eigenvalue weighted by Crippen LogP contribution is 2.23. The molecule has 1 aliphatic rings. The van der Waals surface area contributed by atoms with Gasteiger partial charge in [0.15, 0.2) is 0 Å². The Hall–Kier alpha value is -2.33. The fourth-order valence-electron chi connectivity index (χ4n) is 3.67. The molecule has 0 bridgehead atoms. The van der Waals surface area contributed by atoms with Crippen molar-refractivity contribution in [3.8, 4) is 5.75 Å². The molecule has 1 aromatic heterocycles. The number of methoxy groups -OCH3 is 1. The van der Waals surface area contributed by atoms with Crippen LogP contribution in [0.1, 0.15) is 42.9 Å². The summed E-state index contributed by atoms with van der Waals surface area (Å²) in [6.07, 6.45) is 5.68. The van der Waals surface area contributed by atoms with Crippen LogP contribution in [0, 0.1) is 0 Å². The average molecular weight is 335 g/mol. The van der Waals surface area contributed by atoms with Gasteiger partial charge in [0.25, 0.3) is 0 Å². The first kappa shape index (κ1) is 16.2. The standard InChI is InChI=1S/C21H25N3O/c1-15(20-14-23-21-5-3-4-10-24(20)21)22-13-16-6-7-18-12-19(25-2)9-8-17(18)11-16/h6-9,11-12,14-15,22H,3-5,10,13H2,1-2H3. The number of fused-ring (bicyclic) bond motifs is 2. The van der Waals surface area contributed by atoms with Gasteiger partial charge in [-0.25, -0.2) is 4.98 Å². The van der Waals surface area contributed by atoms with E-state index in [1.54, 1.807) is 7.11 Å². The van der Waals surface area contributed by atoms with E-state index in [4.69, 9.17) is 4.74 Å². The molecule has 2 heterocycles. The second-order valence-electron chi connectivity index (χ2n) is 6.86. The molecule has 25 heavy (non-hydrogen) atoms. The SMILES string of the molecule is COc1ccc2cc(CNC(C)c3cnc4n3CCCC4)ccc2c1. The van der Waals surface area contributed by atoms with E-state index in [0.29, 0.717) is 6.04 Å². The van der Waals surface area contributed by atoms with Crippen molar-refractivity contribution in [2.24, 2.45) is 0 Å². The summed E-state index contributed by atoms with van der Waals surface area (Å²) in [5.74, 6) is 2.15. The molecule has 1 unspecified atom stereocenters. The summed E-state index contributed by atoms with van der Waals surface area (Å²) in [5.41, 5.74) is 2.60. The molecular weight excluding hydrogens is 310 g/mol. The van der Waals surface area contributed by atoms with Gasteiger partial charge in [0.05, 0.1) is 19.0 Å². The Bertz CT molecular complexity index is 884. The maximum absolute atomic E-state index is 5.30. The normalized spacial score (nSPS) is 15.1. The van der Waals surface area contributed by atoms with Gasteiger partial charge in [-0.3, -0.25) is 0 Å². The maximum Gasteiger partial charge on any atom is 0.119 e. The van der Waals surface area contributed by atoms with E-state index in [1.165, 1.54) is 40.7 Å². The number of imidazole rings is 1. The lowest BCUT2D eigenvalue weighted by Crippen LogP contribution is -2.22. The summed E-state index contributed by atoms with van der Waals surface area (Å²) >= 11 is 0. The molecular formula is C21H25N3O. The third-order valence-corrected chi connectivity index (χ3v) is 5.17. The number of benzene rings is 2. The maximum atomic E-state index is 5.30. The van der Waals surface area contributed by atoms with Crippen LogP contribution < -0.4 is 10.1 Å². The number of nitrogens with zero attached hydrogens (tertiary/aromatic N) is 2. The fourth-order valence-corrected chi connectivity index (χ4v) is 3.67. The molecule has 0 saturated carbocycles. The average Bonchev–Trinajstić information content (AvgIpc) is 3.09. The van der Waals surface area contributed by atoms with Gasteiger partial charge in [-0.2, -0.15) is 0 Å². The minimum Gasteiger partial charge on any atom is -0.497 e. The Morgan fingerprint density at radius 3 is 2.88 bits per heavy atom. The Balaban J connectivity index is 1.47. The van der Waals surface area contributed by atoms with Crippen LogP contribution in [0.5, 0.6) is 5.75 Å². The highest BCUT2D eigenvalue weighted by molar-refractivity contribution is 5.84. The first-order valence-electron chi connectivity index (χ1n) is 9.09. The van der Waals surface area contributed by atoms with Crippen molar-refractivity contribution in [3.63, 3.8) is 0 Å². The van der Waals surface area contributed by atoms with Gasteiger partial charge in [-0.1, -0.05) is 18.2 Å². The predicted octanol–water partition coefficient (Wildman–Crippen LogP) is 4.23. The molecule has 1 atom stereocenters. The quantitative estimate of drug-likeness (QED) is 0.758. The molecule has 130 valence electrons. The third kappa shape index (κ3) is 3.27. The second kappa shape index (κ2) is 6.89. The molecule has 0 amide bonds. The summed E-state index contributed by atoms with van der Waals surface area (Å²) < 4.78 is 7.69. The third-order valence-electron chi connectivity index (χ3n) is 5.17. The van der Waals surface area contributed by atoms with Gasteiger partial charge in [0, 0.05) is 25.6 Å². The summed E-state index contributed by atoms with van der Waals surface area (Å²) in [4.78, 5) is 4.60. The van der Waals surface area contributed by atoms with E-state index in [9.17, 15) is 0 Å². The van der Waals surface area contributed by atoms with Crippen LogP contribution >= 0.6 is 0 Å². The monoisotopic (exact) mass is 335 g/mol. The predicted molar refractivity (Wildman–Crippen MR) is 101 cm³/mol. The molecule has 0 fully saturated rings. The lowest BCUT2D eigenvalue weighted by Gasteiger charge is -2.20. The minimum atomic E-state index is 0.297. The molecule has 1 N–H and O–H groups in total. The zero-order valence-corrected chi connectivity index (χ0v) is 15.0. The Labute approximate surface area is 148 Å². The number of hydrogen-bond acceptors (Lipinski definition) is 3. The van der Waals surface area contributed by atoms with Crippen LogP contribution in [-0.2, 0) is 19.5 Å². The van der Waals surface area contributed by atoms with Crippen LogP contribution in [0.15, 0.2) is 42.6 Å². The van der Waals surface area contributed by atoms with E-state index in [2.05, 4.69) is 52.1 Å². The fraction of sp³-hybridized carbons (Fsp3) is 0.381. The van der Waals surface area contributed by atoms with Gasteiger partial charge in [-0.05, 0) is 54.3 Å². The van der Waals surface area contributed by atoms with E-state index in [1.807, 2.05) is 12.3 Å². The van der Waals surface area contributed by atoms with E-state index < -0.39 is 0 Å². The molecule has 2 aromatic carbocycles. The molecule has 4 heteroatoms. The number of aryl methyl sites for hydroxylation is 1. The number of aromatic nitrogens is 2. The van der Waals surface area contributed by atoms with Crippen molar-refractivity contribution in [2.75, 3.05) is 7.11 Å². The van der Waals surface area contributed by atoms with E-state index in [-0.39, 0.29) is 0 Å². The van der Waals surface area contributed by atoms with Crippen molar-refractivity contribution in [2.45, 2.75) is 45.3 Å². The molecule has 0 spiro atoms. The van der Waals surface area contributed by atoms with Gasteiger partial charge in [-0.15, -0.1) is 0 Å². The zero-order chi connectivity index (χ0) is 17.2. The van der Waals surface area contributed by atoms with Crippen LogP contribution in [-0.4, -0.2) is 16.7 Å². The minimum absolute atomic E-state index is 0.297. The summed E-state index contributed by atoms with van der Waals surface area (Å²) in [6, 6.07) is 13.1. The summed E-state index contributed by atoms with van der Waals surface area (Å²) in [6.45, 7) is 4.18. The second-order valence-corrected chi connectivity index (χ2v) is 6.86. The lowest BCUT2D eigenvalue weighted by atomic mass is 10.1. The molecule has 4 nitrogen and oxygen atoms in total. The molecule has 1 aliphatic heterocycles. The first-order valence-corrected chi connectivity index (χ1v) is 9.09. The van der Waals surface area contributed by atoms with Crippen LogP contribution in [0.2, 0.25) is 0 Å². The van der Waals surface area contributed by atoms with Crippen LogP contribution in [0.3, 0.4) is 0 Å². The molecule has 4 rings (SSSR count). The van der Waals surface area contributed by atoms with Gasteiger partial charge in [0.1, 0.15) is 11.6 Å². The topological polar surface area (TPSA) is 39.1 Å². The molecule has 0 saturated heterocycles. The smallest absolute Gasteiger partial charge is 0.119 e. The van der Waals surface area contributed by atoms with Gasteiger partial charge >= 0.3 is 0 Å². The van der Waals surface area contributed by atoms with Gasteiger partial charge < -0.3 is 14.6 Å². The molecule has 0 radical (unpaired) electrons. The van der Waals surface area contributed by atoms with Crippen molar-refractivity contribution in [1.82, 2.24) is 14.9 Å². The number of hydrogen-bond donors (Lipinski definition) is 1. The van der Waals surface area contributed by atoms with E-state index >= 15 is 0 Å². The summed E-state index contributed by atoms with van der Waals surface area (Å²) in [5, 5.41) is 6.11. The Kier molecular flexibility index (Phi) is 4.45. The Morgan fingerprint density at radius 1 is 1.16 bits per heavy atom. The van der Waals surface area contributed by atoms with Crippen LogP contribution in [0.4, 0.5) is 0 Å². The highest BCUT2D eigenvalue weighted by atomic mass is 16.5. The zero-order valence-electron chi connectivity index (χ0n) is 15.0. The number of ether oxygens (including phenoxy) is 1. The summed E-state index contributed by atoms with van der Waals surface area (Å²) in [7, 11) is 1.70. The highest BCUT2D eigenvalue weighted by Gasteiger charge is 2.17. The van der Waals surface area contributed by atoms with Crippen molar-refractivity contribution < 1.29 is 4.74 Å².